The predicted molar refractivity (Wildman–Crippen MR) is 179 cm³/mol. The number of nitrogens with zero attached hydrogens (tertiary/aromatic N) is 3. The van der Waals surface area contributed by atoms with Gasteiger partial charge in [-0.15, -0.1) is 11.3 Å². The lowest BCUT2D eigenvalue weighted by molar-refractivity contribution is -0.139. The highest BCUT2D eigenvalue weighted by atomic mass is 32.2. The molecule has 1 aliphatic rings. The number of carboxylic acid groups (broad SMARTS) is 2. The fourth-order valence-corrected chi connectivity index (χ4v) is 6.73. The van der Waals surface area contributed by atoms with Crippen molar-refractivity contribution in [2.45, 2.75) is 49.7 Å². The minimum absolute atomic E-state index is 0.0109. The summed E-state index contributed by atoms with van der Waals surface area (Å²) in [5.41, 5.74) is 7.04. The molecular formula is C30H32N8O9S2. The Bertz CT molecular complexity index is 1940. The number of hydrogen-bond donors (Lipinski definition) is 8. The Balaban J connectivity index is 1.34. The Morgan fingerprint density at radius 2 is 1.98 bits per heavy atom. The lowest BCUT2D eigenvalue weighted by Gasteiger charge is -2.18. The first-order chi connectivity index (χ1) is 23.4. The van der Waals surface area contributed by atoms with Gasteiger partial charge in [-0.25, -0.2) is 9.97 Å². The number of carbonyl (C=O) groups is 5. The molecule has 258 valence electrons. The van der Waals surface area contributed by atoms with Gasteiger partial charge in [-0.05, 0) is 31.5 Å². The van der Waals surface area contributed by atoms with Crippen LogP contribution in [-0.2, 0) is 25.8 Å². The molecule has 19 heteroatoms. The van der Waals surface area contributed by atoms with Crippen molar-refractivity contribution in [1.82, 2.24) is 30.9 Å². The van der Waals surface area contributed by atoms with Crippen LogP contribution < -0.4 is 31.7 Å². The number of aliphatic hydroxyl groups excluding tert-OH is 1. The van der Waals surface area contributed by atoms with Crippen LogP contribution in [0.1, 0.15) is 35.0 Å². The van der Waals surface area contributed by atoms with E-state index in [0.29, 0.717) is 16.9 Å². The number of nitrogens with one attached hydrogen (secondary N) is 4. The van der Waals surface area contributed by atoms with E-state index in [1.54, 1.807) is 6.07 Å². The Morgan fingerprint density at radius 3 is 2.71 bits per heavy atom. The van der Waals surface area contributed by atoms with E-state index in [4.69, 9.17) is 20.7 Å². The highest BCUT2D eigenvalue weighted by Gasteiger charge is 2.26. The summed E-state index contributed by atoms with van der Waals surface area (Å²) in [5, 5.41) is 40.6. The fraction of sp³-hybridized carbons (Fsp3) is 0.333. The fourth-order valence-electron chi connectivity index (χ4n) is 4.81. The maximum Gasteiger partial charge on any atom is 0.322 e. The lowest BCUT2D eigenvalue weighted by Crippen LogP contribution is -2.49. The molecule has 0 fully saturated rings. The summed E-state index contributed by atoms with van der Waals surface area (Å²) in [6.45, 7) is 1.33. The summed E-state index contributed by atoms with van der Waals surface area (Å²) < 4.78 is 6.89. The molecule has 3 amide bonds. The summed E-state index contributed by atoms with van der Waals surface area (Å²) in [7, 11) is 0. The molecule has 1 aliphatic heterocycles. The van der Waals surface area contributed by atoms with Crippen molar-refractivity contribution in [3.8, 4) is 11.8 Å². The molecular weight excluding hydrogens is 681 g/mol. The smallest absolute Gasteiger partial charge is 0.322 e. The van der Waals surface area contributed by atoms with Crippen LogP contribution in [0.2, 0.25) is 0 Å². The average Bonchev–Trinajstić information content (AvgIpc) is 3.39. The van der Waals surface area contributed by atoms with E-state index in [2.05, 4.69) is 36.2 Å². The van der Waals surface area contributed by atoms with E-state index < -0.39 is 49.0 Å². The van der Waals surface area contributed by atoms with Crippen molar-refractivity contribution in [2.75, 3.05) is 24.2 Å². The topological polar surface area (TPSA) is 268 Å². The van der Waals surface area contributed by atoms with Crippen molar-refractivity contribution in [2.24, 2.45) is 5.73 Å². The van der Waals surface area contributed by atoms with Crippen LogP contribution >= 0.6 is 23.1 Å². The number of aromatic nitrogens is 3. The number of anilines is 1. The molecule has 3 atom stereocenters. The van der Waals surface area contributed by atoms with Crippen molar-refractivity contribution < 1.29 is 44.0 Å². The minimum atomic E-state index is -1.29. The third kappa shape index (κ3) is 8.49. The number of amides is 3. The number of carbonyl (C=O) groups excluding carboxylic acids is 3. The van der Waals surface area contributed by atoms with Gasteiger partial charge >= 0.3 is 11.9 Å². The molecule has 9 N–H and O–H groups in total. The Kier molecular flexibility index (Phi) is 11.1. The average molecular weight is 713 g/mol. The van der Waals surface area contributed by atoms with E-state index >= 15 is 0 Å². The minimum Gasteiger partial charge on any atom is -0.480 e. The monoisotopic (exact) mass is 712 g/mol. The summed E-state index contributed by atoms with van der Waals surface area (Å²) >= 11 is 2.33. The molecule has 0 radical (unpaired) electrons. The number of aliphatic carboxylic acids is 2. The van der Waals surface area contributed by atoms with Crippen LogP contribution in [0, 0.1) is 0 Å². The predicted octanol–water partition coefficient (Wildman–Crippen LogP) is 1.04. The van der Waals surface area contributed by atoms with Crippen LogP contribution in [-0.4, -0.2) is 96.9 Å². The lowest BCUT2D eigenvalue weighted by atomic mass is 10.1. The maximum absolute atomic E-state index is 12.8. The summed E-state index contributed by atoms with van der Waals surface area (Å²) in [5.74, 6) is -4.16. The van der Waals surface area contributed by atoms with Gasteiger partial charge in [-0.1, -0.05) is 11.8 Å². The quantitative estimate of drug-likeness (QED) is 0.0670. The van der Waals surface area contributed by atoms with Crippen LogP contribution in [0.3, 0.4) is 0 Å². The highest BCUT2D eigenvalue weighted by molar-refractivity contribution is 7.99. The van der Waals surface area contributed by atoms with Gasteiger partial charge in [0.05, 0.1) is 23.4 Å². The number of thioether (sulfide) groups is 1. The molecule has 0 saturated carbocycles. The zero-order valence-corrected chi connectivity index (χ0v) is 27.5. The summed E-state index contributed by atoms with van der Waals surface area (Å²) in [6, 6.07) is 4.60. The van der Waals surface area contributed by atoms with Crippen molar-refractivity contribution in [3.05, 3.63) is 40.9 Å². The zero-order valence-electron chi connectivity index (χ0n) is 25.9. The Morgan fingerprint density at radius 1 is 1.18 bits per heavy atom. The third-order valence-electron chi connectivity index (χ3n) is 7.28. The Hall–Kier alpha value is -5.11. The van der Waals surface area contributed by atoms with Crippen LogP contribution in [0.5, 0.6) is 11.8 Å². The first kappa shape index (κ1) is 35.2. The molecule has 4 aromatic rings. The summed E-state index contributed by atoms with van der Waals surface area (Å²) in [4.78, 5) is 73.7. The van der Waals surface area contributed by atoms with Crippen molar-refractivity contribution >= 4 is 79.4 Å². The molecule has 1 aromatic carbocycles. The number of aliphatic hydroxyl groups is 1. The molecule has 0 aliphatic carbocycles. The highest BCUT2D eigenvalue weighted by Crippen LogP contribution is 2.41. The molecule has 5 rings (SSSR count). The van der Waals surface area contributed by atoms with Crippen LogP contribution in [0.25, 0.3) is 21.0 Å². The molecule has 49 heavy (non-hydrogen) atoms. The van der Waals surface area contributed by atoms with E-state index in [1.165, 1.54) is 17.5 Å². The molecule has 17 nitrogen and oxygen atoms in total. The number of pyridine rings is 1. The van der Waals surface area contributed by atoms with Gasteiger partial charge in [0, 0.05) is 52.5 Å². The second-order valence-electron chi connectivity index (χ2n) is 11.0. The van der Waals surface area contributed by atoms with Gasteiger partial charge in [0.1, 0.15) is 23.5 Å². The molecule has 4 heterocycles. The number of thiophene rings is 1. The van der Waals surface area contributed by atoms with Crippen molar-refractivity contribution in [1.29, 1.82) is 0 Å². The Labute approximate surface area is 286 Å². The normalized spacial score (nSPS) is 15.3. The van der Waals surface area contributed by atoms with Gasteiger partial charge < -0.3 is 47.1 Å². The number of ether oxygens (including phenoxy) is 1. The van der Waals surface area contributed by atoms with E-state index in [1.807, 2.05) is 25.1 Å². The number of hydrogen-bond acceptors (Lipinski definition) is 14. The zero-order chi connectivity index (χ0) is 35.2. The van der Waals surface area contributed by atoms with Crippen molar-refractivity contribution in [3.63, 3.8) is 0 Å². The second kappa shape index (κ2) is 15.4. The van der Waals surface area contributed by atoms with E-state index in [-0.39, 0.29) is 53.0 Å². The molecule has 0 saturated heterocycles. The van der Waals surface area contributed by atoms with E-state index in [9.17, 15) is 29.1 Å². The van der Waals surface area contributed by atoms with Gasteiger partial charge in [0.25, 0.3) is 5.91 Å². The standard InChI is InChI=1S/C30H32N8O9S2/c1-13-8-32-24-23-15-2-7-21(37-17(15)4-5-19(23)49-25(24)27(44)35-13)47-28-14(11-39)9-34-30(38-28)48-12-18(26(43)33-10-22(41)42)36-20(40)6-3-16(31)29(45)46/h2,4-5,7,9,13,16,18,32,39H,3,6,8,10-12,31H2,1H3,(H,33,43)(H,35,44)(H,36,40)(H,41,42)(H,45,46)/t13-,16+,18+/m1/s1. The number of nitrogens with two attached hydrogens (primary N) is 1. The summed E-state index contributed by atoms with van der Waals surface area (Å²) in [6.07, 6.45) is 0.865. The number of carboxylic acids is 2. The van der Waals surface area contributed by atoms with Gasteiger partial charge in [0.2, 0.25) is 23.6 Å². The van der Waals surface area contributed by atoms with E-state index in [0.717, 1.165) is 32.9 Å². The molecule has 0 spiro atoms. The van der Waals surface area contributed by atoms with Crippen LogP contribution in [0.4, 0.5) is 5.69 Å². The molecule has 3 aromatic heterocycles. The number of fused-ring (bicyclic) bond motifs is 5. The van der Waals surface area contributed by atoms with Gasteiger partial charge in [0.15, 0.2) is 5.16 Å². The van der Waals surface area contributed by atoms with Gasteiger partial charge in [-0.2, -0.15) is 4.98 Å². The number of rotatable bonds is 14. The number of benzene rings is 1. The first-order valence-electron chi connectivity index (χ1n) is 14.9. The molecule has 0 unspecified atom stereocenters. The molecule has 0 bridgehead atoms. The largest absolute Gasteiger partial charge is 0.480 e. The first-order valence-corrected chi connectivity index (χ1v) is 16.7. The van der Waals surface area contributed by atoms with Crippen LogP contribution in [0.15, 0.2) is 35.6 Å². The van der Waals surface area contributed by atoms with Gasteiger partial charge in [-0.3, -0.25) is 24.0 Å². The SMILES string of the molecule is C[C@@H]1CNc2c(sc3ccc4nc(Oc5nc(SC[C@H](NC(=O)CC[C@H](N)C(=O)O)C(=O)NCC(=O)O)ncc5CO)ccc4c23)C(=O)N1. The second-order valence-corrected chi connectivity index (χ2v) is 13.0. The third-order valence-corrected chi connectivity index (χ3v) is 9.39. The maximum atomic E-state index is 12.8.